The first-order valence-corrected chi connectivity index (χ1v) is 9.82. The third-order valence-corrected chi connectivity index (χ3v) is 5.33. The van der Waals surface area contributed by atoms with Crippen molar-refractivity contribution in [3.63, 3.8) is 0 Å². The molecule has 0 bridgehead atoms. The molecule has 0 N–H and O–H groups in total. The number of carbonyl (C=O) groups is 1. The van der Waals surface area contributed by atoms with Crippen LogP contribution in [0.15, 0.2) is 54.0 Å². The van der Waals surface area contributed by atoms with E-state index in [4.69, 9.17) is 14.2 Å². The molecular weight excluding hydrogens is 376 g/mol. The number of nitrogens with zero attached hydrogens (tertiary/aromatic N) is 2. The summed E-state index contributed by atoms with van der Waals surface area (Å²) in [6, 6.07) is 11.4. The van der Waals surface area contributed by atoms with Crippen molar-refractivity contribution in [3.8, 4) is 17.2 Å². The summed E-state index contributed by atoms with van der Waals surface area (Å²) in [6.45, 7) is 7.16. The Balaban J connectivity index is 1.66. The van der Waals surface area contributed by atoms with Crippen molar-refractivity contribution in [2.24, 2.45) is 4.99 Å². The van der Waals surface area contributed by atoms with E-state index >= 15 is 0 Å². The SMILES string of the molecule is C=CCn1c(=NC(=O)Cc2ccc3c(c2)OCO3)sc2cc(OCC)ccc21. The number of fused-ring (bicyclic) bond motifs is 2. The number of allylic oxidation sites excluding steroid dienone is 1. The number of aromatic nitrogens is 1. The van der Waals surface area contributed by atoms with E-state index in [1.165, 1.54) is 11.3 Å². The van der Waals surface area contributed by atoms with Gasteiger partial charge in [0.25, 0.3) is 5.91 Å². The molecule has 1 aromatic heterocycles. The van der Waals surface area contributed by atoms with Crippen molar-refractivity contribution < 1.29 is 19.0 Å². The highest BCUT2D eigenvalue weighted by atomic mass is 32.1. The highest BCUT2D eigenvalue weighted by Crippen LogP contribution is 2.32. The number of hydrogen-bond acceptors (Lipinski definition) is 5. The molecule has 0 unspecified atom stereocenters. The summed E-state index contributed by atoms with van der Waals surface area (Å²) in [5, 5.41) is 0. The fourth-order valence-corrected chi connectivity index (χ4v) is 4.16. The van der Waals surface area contributed by atoms with Crippen molar-refractivity contribution in [2.45, 2.75) is 19.9 Å². The maximum Gasteiger partial charge on any atom is 0.252 e. The molecule has 1 aliphatic rings. The summed E-state index contributed by atoms with van der Waals surface area (Å²) in [5.41, 5.74) is 1.84. The Morgan fingerprint density at radius 1 is 1.29 bits per heavy atom. The van der Waals surface area contributed by atoms with Crippen molar-refractivity contribution in [1.29, 1.82) is 0 Å². The Hall–Kier alpha value is -3.06. The molecule has 0 atom stereocenters. The maximum absolute atomic E-state index is 12.6. The van der Waals surface area contributed by atoms with E-state index in [1.807, 2.05) is 47.9 Å². The molecule has 2 heterocycles. The Morgan fingerprint density at radius 3 is 2.96 bits per heavy atom. The topological polar surface area (TPSA) is 62.1 Å². The molecule has 1 amide bonds. The molecule has 3 aromatic rings. The predicted molar refractivity (Wildman–Crippen MR) is 108 cm³/mol. The van der Waals surface area contributed by atoms with Gasteiger partial charge in [-0.25, -0.2) is 0 Å². The standard InChI is InChI=1S/C21H20N2O4S/c1-3-9-23-16-7-6-15(25-4-2)12-19(16)28-21(23)22-20(24)11-14-5-8-17-18(10-14)27-13-26-17/h3,5-8,10,12H,1,4,9,11,13H2,2H3. The zero-order valence-corrected chi connectivity index (χ0v) is 16.3. The Bertz CT molecular complexity index is 1110. The van der Waals surface area contributed by atoms with E-state index < -0.39 is 0 Å². The molecule has 1 aliphatic heterocycles. The molecular formula is C21H20N2O4S. The first-order chi connectivity index (χ1) is 13.7. The van der Waals surface area contributed by atoms with E-state index in [1.54, 1.807) is 6.08 Å². The summed E-state index contributed by atoms with van der Waals surface area (Å²) in [6.07, 6.45) is 1.99. The van der Waals surface area contributed by atoms with Crippen molar-refractivity contribution in [3.05, 3.63) is 59.4 Å². The normalized spacial score (nSPS) is 13.1. The molecule has 0 saturated heterocycles. The summed E-state index contributed by atoms with van der Waals surface area (Å²) >= 11 is 1.47. The lowest BCUT2D eigenvalue weighted by Gasteiger charge is -2.04. The van der Waals surface area contributed by atoms with Crippen LogP contribution in [-0.2, 0) is 17.8 Å². The fraction of sp³-hybridized carbons (Fsp3) is 0.238. The minimum Gasteiger partial charge on any atom is -0.494 e. The van der Waals surface area contributed by atoms with Crippen LogP contribution in [0.1, 0.15) is 12.5 Å². The van der Waals surface area contributed by atoms with Crippen molar-refractivity contribution >= 4 is 27.5 Å². The van der Waals surface area contributed by atoms with Crippen molar-refractivity contribution in [1.82, 2.24) is 4.57 Å². The number of amides is 1. The molecule has 7 heteroatoms. The van der Waals surface area contributed by atoms with Crippen LogP contribution in [0.4, 0.5) is 0 Å². The molecule has 28 heavy (non-hydrogen) atoms. The minimum absolute atomic E-state index is 0.198. The number of thiazole rings is 1. The maximum atomic E-state index is 12.6. The molecule has 0 aliphatic carbocycles. The van der Waals surface area contributed by atoms with E-state index in [0.29, 0.717) is 29.5 Å². The molecule has 144 valence electrons. The zero-order chi connectivity index (χ0) is 19.5. The summed E-state index contributed by atoms with van der Waals surface area (Å²) in [4.78, 5) is 17.6. The lowest BCUT2D eigenvalue weighted by molar-refractivity contribution is -0.117. The lowest BCUT2D eigenvalue weighted by Crippen LogP contribution is -2.16. The van der Waals surface area contributed by atoms with Gasteiger partial charge in [0.2, 0.25) is 6.79 Å². The van der Waals surface area contributed by atoms with E-state index in [0.717, 1.165) is 21.5 Å². The average Bonchev–Trinajstić information content (AvgIpc) is 3.26. The van der Waals surface area contributed by atoms with Crippen LogP contribution < -0.4 is 19.0 Å². The van der Waals surface area contributed by atoms with Gasteiger partial charge in [-0.2, -0.15) is 4.99 Å². The molecule has 4 rings (SSSR count). The van der Waals surface area contributed by atoms with E-state index in [9.17, 15) is 4.79 Å². The molecule has 0 radical (unpaired) electrons. The van der Waals surface area contributed by atoms with E-state index in [2.05, 4.69) is 11.6 Å². The first kappa shape index (κ1) is 18.3. The van der Waals surface area contributed by atoms with Crippen molar-refractivity contribution in [2.75, 3.05) is 13.4 Å². The van der Waals surface area contributed by atoms with Gasteiger partial charge in [-0.1, -0.05) is 23.5 Å². The second-order valence-electron chi connectivity index (χ2n) is 6.22. The van der Waals surface area contributed by atoms with Gasteiger partial charge in [0.15, 0.2) is 16.3 Å². The zero-order valence-electron chi connectivity index (χ0n) is 15.5. The predicted octanol–water partition coefficient (Wildman–Crippen LogP) is 3.69. The number of rotatable bonds is 6. The fourth-order valence-electron chi connectivity index (χ4n) is 3.07. The van der Waals surface area contributed by atoms with Gasteiger partial charge < -0.3 is 18.8 Å². The molecule has 0 fully saturated rings. The van der Waals surface area contributed by atoms with Crippen LogP contribution in [0, 0.1) is 0 Å². The van der Waals surface area contributed by atoms with Gasteiger partial charge in [0, 0.05) is 6.54 Å². The summed E-state index contributed by atoms with van der Waals surface area (Å²) in [5.74, 6) is 1.96. The van der Waals surface area contributed by atoms with Crippen LogP contribution in [0.5, 0.6) is 17.2 Å². The van der Waals surface area contributed by atoms with Gasteiger partial charge in [0.05, 0.1) is 23.2 Å². The third kappa shape index (κ3) is 3.66. The van der Waals surface area contributed by atoms with E-state index in [-0.39, 0.29) is 19.1 Å². The van der Waals surface area contributed by atoms with Gasteiger partial charge in [-0.05, 0) is 42.8 Å². The van der Waals surface area contributed by atoms with Crippen LogP contribution >= 0.6 is 11.3 Å². The Morgan fingerprint density at radius 2 is 2.14 bits per heavy atom. The number of hydrogen-bond donors (Lipinski definition) is 0. The lowest BCUT2D eigenvalue weighted by atomic mass is 10.1. The number of ether oxygens (including phenoxy) is 3. The van der Waals surface area contributed by atoms with Gasteiger partial charge in [-0.15, -0.1) is 6.58 Å². The second-order valence-corrected chi connectivity index (χ2v) is 7.23. The smallest absolute Gasteiger partial charge is 0.252 e. The second kappa shape index (κ2) is 7.90. The highest BCUT2D eigenvalue weighted by molar-refractivity contribution is 7.16. The largest absolute Gasteiger partial charge is 0.494 e. The van der Waals surface area contributed by atoms with Crippen LogP contribution in [-0.4, -0.2) is 23.9 Å². The molecule has 0 saturated carbocycles. The number of benzene rings is 2. The third-order valence-electron chi connectivity index (χ3n) is 4.29. The van der Waals surface area contributed by atoms with Crippen LogP contribution in [0.2, 0.25) is 0 Å². The molecule has 0 spiro atoms. The quantitative estimate of drug-likeness (QED) is 0.596. The van der Waals surface area contributed by atoms with Gasteiger partial charge in [0.1, 0.15) is 5.75 Å². The summed E-state index contributed by atoms with van der Waals surface area (Å²) in [7, 11) is 0. The average molecular weight is 396 g/mol. The minimum atomic E-state index is -0.215. The van der Waals surface area contributed by atoms with Crippen LogP contribution in [0.25, 0.3) is 10.2 Å². The van der Waals surface area contributed by atoms with Gasteiger partial charge in [-0.3, -0.25) is 4.79 Å². The van der Waals surface area contributed by atoms with Crippen LogP contribution in [0.3, 0.4) is 0 Å². The first-order valence-electron chi connectivity index (χ1n) is 9.01. The Labute approximate surface area is 166 Å². The monoisotopic (exact) mass is 396 g/mol. The number of carbonyl (C=O) groups excluding carboxylic acids is 1. The summed E-state index contributed by atoms with van der Waals surface area (Å²) < 4.78 is 19.3. The molecule has 2 aromatic carbocycles. The van der Waals surface area contributed by atoms with Gasteiger partial charge >= 0.3 is 0 Å². The highest BCUT2D eigenvalue weighted by Gasteiger charge is 2.15. The molecule has 6 nitrogen and oxygen atoms in total. The Kier molecular flexibility index (Phi) is 5.16.